The van der Waals surface area contributed by atoms with Crippen LogP contribution in [0.1, 0.15) is 35.5 Å². The lowest BCUT2D eigenvalue weighted by molar-refractivity contribution is -0.154. The molecule has 0 aliphatic carbocycles. The van der Waals surface area contributed by atoms with Gasteiger partial charge in [0.05, 0.1) is 0 Å². The number of fused-ring (bicyclic) bond motifs is 1. The van der Waals surface area contributed by atoms with Crippen molar-refractivity contribution in [2.45, 2.75) is 24.4 Å². The van der Waals surface area contributed by atoms with Crippen LogP contribution in [0.5, 0.6) is 0 Å². The molecule has 49 heavy (non-hydrogen) atoms. The Morgan fingerprint density at radius 3 is 2.49 bits per heavy atom. The number of hydrogen-bond acceptors (Lipinski definition) is 13. The van der Waals surface area contributed by atoms with Gasteiger partial charge in [-0.2, -0.15) is 9.36 Å². The largest absolute Gasteiger partial charge is 0.448 e. The molecule has 0 radical (unpaired) electrons. The molecule has 1 saturated heterocycles. The molecule has 2 aliphatic rings. The first-order valence-electron chi connectivity index (χ1n) is 15.0. The van der Waals surface area contributed by atoms with Crippen LogP contribution in [-0.4, -0.2) is 72.3 Å². The third kappa shape index (κ3) is 7.78. The van der Waals surface area contributed by atoms with Gasteiger partial charge >= 0.3 is 5.97 Å². The SMILES string of the molecule is CCO/N=C(/C(=O)NC1C(=O)N2C(C(=O)OC(c3ccccc3)c3ccccc3)=C(CSC#Cc3cccnc3)CSC12)c1nsc(N)n1. The summed E-state index contributed by atoms with van der Waals surface area (Å²) < 4.78 is 10.3. The number of esters is 1. The zero-order chi connectivity index (χ0) is 34.2. The Labute approximate surface area is 294 Å². The van der Waals surface area contributed by atoms with E-state index in [4.69, 9.17) is 15.3 Å². The molecule has 12 nitrogen and oxygen atoms in total. The molecule has 2 amide bonds. The molecular weight excluding hydrogens is 683 g/mol. The minimum absolute atomic E-state index is 0.0166. The number of nitrogens with one attached hydrogen (secondary N) is 1. The Kier molecular flexibility index (Phi) is 10.9. The van der Waals surface area contributed by atoms with Crippen molar-refractivity contribution in [3.63, 3.8) is 0 Å². The topological polar surface area (TPSA) is 162 Å². The van der Waals surface area contributed by atoms with Gasteiger partial charge in [-0.15, -0.1) is 11.8 Å². The van der Waals surface area contributed by atoms with Gasteiger partial charge in [-0.25, -0.2) is 4.79 Å². The number of amides is 2. The second-order valence-corrected chi connectivity index (χ2v) is 13.2. The Morgan fingerprint density at radius 1 is 1.12 bits per heavy atom. The number of benzene rings is 2. The molecular formula is C34H29N7O5S3. The first kappa shape index (κ1) is 33.7. The third-order valence-electron chi connectivity index (χ3n) is 7.29. The molecule has 4 heterocycles. The number of hydrogen-bond donors (Lipinski definition) is 2. The highest BCUT2D eigenvalue weighted by Crippen LogP contribution is 2.42. The number of nitrogens with zero attached hydrogens (tertiary/aromatic N) is 5. The van der Waals surface area contributed by atoms with E-state index in [2.05, 4.69) is 36.0 Å². The molecule has 3 N–H and O–H groups in total. The van der Waals surface area contributed by atoms with Gasteiger partial charge in [0.2, 0.25) is 11.5 Å². The van der Waals surface area contributed by atoms with Crippen molar-refractivity contribution in [2.75, 3.05) is 23.8 Å². The van der Waals surface area contributed by atoms with E-state index in [9.17, 15) is 14.4 Å². The van der Waals surface area contributed by atoms with Gasteiger partial charge in [-0.05, 0) is 41.0 Å². The van der Waals surface area contributed by atoms with Gasteiger partial charge in [0.15, 0.2) is 11.2 Å². The fourth-order valence-electron chi connectivity index (χ4n) is 5.04. The fraction of sp³-hybridized carbons (Fsp3) is 0.206. The van der Waals surface area contributed by atoms with Crippen molar-refractivity contribution < 1.29 is 24.0 Å². The Hall–Kier alpha value is -5.17. The van der Waals surface area contributed by atoms with Crippen molar-refractivity contribution in [1.82, 2.24) is 24.6 Å². The number of nitrogen functional groups attached to an aromatic ring is 1. The highest BCUT2D eigenvalue weighted by Gasteiger charge is 2.55. The van der Waals surface area contributed by atoms with Crippen molar-refractivity contribution >= 4 is 63.7 Å². The number of oxime groups is 1. The summed E-state index contributed by atoms with van der Waals surface area (Å²) in [4.78, 5) is 56.0. The van der Waals surface area contributed by atoms with E-state index in [0.717, 1.165) is 28.2 Å². The van der Waals surface area contributed by atoms with Gasteiger partial charge in [-0.1, -0.05) is 83.5 Å². The number of carbonyl (C=O) groups is 3. The number of thioether (sulfide) groups is 2. The summed E-state index contributed by atoms with van der Waals surface area (Å²) in [5.74, 6) is 1.95. The Morgan fingerprint density at radius 2 is 1.86 bits per heavy atom. The van der Waals surface area contributed by atoms with Crippen molar-refractivity contribution in [1.29, 1.82) is 0 Å². The number of pyridine rings is 1. The minimum atomic E-state index is -0.957. The standard InChI is InChI=1S/C34H29N7O5S3/c1-2-45-39-25(29-38-34(35)49-40-29)30(42)37-26-31(43)41-27(24(20-48-32(26)41)19-47-17-15-21-10-9-16-36-18-21)33(44)46-28(22-11-5-3-6-12-22)23-13-7-4-8-14-23/h3-14,16,18,26,28,32H,2,19-20H2,1H3,(H,37,42)(H2,35,38,40)/b39-25+. The van der Waals surface area contributed by atoms with Gasteiger partial charge in [0, 0.05) is 41.0 Å². The molecule has 2 atom stereocenters. The normalized spacial score (nSPS) is 17.1. The first-order chi connectivity index (χ1) is 23.9. The van der Waals surface area contributed by atoms with E-state index in [1.54, 1.807) is 25.4 Å². The molecule has 0 saturated carbocycles. The molecule has 2 aromatic heterocycles. The lowest BCUT2D eigenvalue weighted by atomic mass is 10.0. The third-order valence-corrected chi connectivity index (χ3v) is 9.91. The minimum Gasteiger partial charge on any atom is -0.448 e. The maximum Gasteiger partial charge on any atom is 0.356 e. The zero-order valence-corrected chi connectivity index (χ0v) is 28.5. The number of rotatable bonds is 11. The predicted octanol–water partition coefficient (Wildman–Crippen LogP) is 3.99. The van der Waals surface area contributed by atoms with E-state index in [1.807, 2.05) is 66.7 Å². The van der Waals surface area contributed by atoms with Crippen molar-refractivity contribution in [3.8, 4) is 11.2 Å². The molecule has 0 bridgehead atoms. The number of nitrogens with two attached hydrogens (primary N) is 1. The molecule has 6 rings (SSSR count). The van der Waals surface area contributed by atoms with E-state index < -0.39 is 35.3 Å². The van der Waals surface area contributed by atoms with E-state index in [-0.39, 0.29) is 29.0 Å². The zero-order valence-electron chi connectivity index (χ0n) is 26.0. The average molecular weight is 712 g/mol. The molecule has 2 aliphatic heterocycles. The summed E-state index contributed by atoms with van der Waals surface area (Å²) in [5, 5.41) is 9.23. The number of anilines is 1. The van der Waals surface area contributed by atoms with Crippen LogP contribution >= 0.6 is 35.1 Å². The first-order valence-corrected chi connectivity index (χ1v) is 17.9. The summed E-state index contributed by atoms with van der Waals surface area (Å²) >= 11 is 3.64. The second-order valence-electron chi connectivity index (χ2n) is 10.5. The number of carbonyl (C=O) groups excluding carboxylic acids is 3. The summed E-state index contributed by atoms with van der Waals surface area (Å²) in [5.41, 5.74) is 8.66. The molecule has 1 fully saturated rings. The van der Waals surface area contributed by atoms with Crippen LogP contribution in [0.15, 0.2) is 102 Å². The van der Waals surface area contributed by atoms with E-state index >= 15 is 0 Å². The second kappa shape index (κ2) is 15.8. The maximum absolute atomic E-state index is 14.2. The molecule has 248 valence electrons. The molecule has 2 unspecified atom stereocenters. The van der Waals surface area contributed by atoms with Gasteiger partial charge in [0.1, 0.15) is 23.7 Å². The van der Waals surface area contributed by atoms with Crippen LogP contribution in [0.4, 0.5) is 5.13 Å². The fourth-order valence-corrected chi connectivity index (χ4v) is 7.62. The van der Waals surface area contributed by atoms with Crippen LogP contribution < -0.4 is 11.1 Å². The highest BCUT2D eigenvalue weighted by molar-refractivity contribution is 8.04. The summed E-state index contributed by atoms with van der Waals surface area (Å²) in [6.07, 6.45) is 2.62. The summed E-state index contributed by atoms with van der Waals surface area (Å²) in [7, 11) is 0. The van der Waals surface area contributed by atoms with E-state index in [0.29, 0.717) is 17.1 Å². The van der Waals surface area contributed by atoms with Crippen LogP contribution in [0.2, 0.25) is 0 Å². The Balaban J connectivity index is 1.27. The van der Waals surface area contributed by atoms with E-state index in [1.165, 1.54) is 28.4 Å². The number of aromatic nitrogens is 3. The quantitative estimate of drug-likeness (QED) is 0.0761. The van der Waals surface area contributed by atoms with Crippen LogP contribution in [0.3, 0.4) is 0 Å². The number of ether oxygens (including phenoxy) is 1. The van der Waals surface area contributed by atoms with Crippen LogP contribution in [0.25, 0.3) is 0 Å². The molecule has 2 aromatic carbocycles. The van der Waals surface area contributed by atoms with Gasteiger partial charge in [0.25, 0.3) is 11.8 Å². The van der Waals surface area contributed by atoms with Crippen molar-refractivity contribution in [3.05, 3.63) is 119 Å². The van der Waals surface area contributed by atoms with Gasteiger partial charge in [-0.3, -0.25) is 19.5 Å². The van der Waals surface area contributed by atoms with Gasteiger partial charge < -0.3 is 20.6 Å². The van der Waals surface area contributed by atoms with Crippen LogP contribution in [0, 0.1) is 11.2 Å². The molecule has 4 aromatic rings. The number of β-lactam (4-membered cyclic amide) rings is 1. The lowest BCUT2D eigenvalue weighted by Gasteiger charge is -2.49. The molecule has 0 spiro atoms. The van der Waals surface area contributed by atoms with Crippen LogP contribution in [-0.2, 0) is 24.0 Å². The van der Waals surface area contributed by atoms with Crippen molar-refractivity contribution in [2.24, 2.45) is 5.16 Å². The summed E-state index contributed by atoms with van der Waals surface area (Å²) in [6.45, 7) is 1.91. The molecule has 15 heteroatoms. The highest BCUT2D eigenvalue weighted by atomic mass is 32.2. The summed E-state index contributed by atoms with van der Waals surface area (Å²) in [6, 6.07) is 21.5. The Bertz CT molecular complexity index is 1910. The predicted molar refractivity (Wildman–Crippen MR) is 189 cm³/mol. The lowest BCUT2D eigenvalue weighted by Crippen LogP contribution is -2.71. The maximum atomic E-state index is 14.2. The average Bonchev–Trinajstić information content (AvgIpc) is 3.57. The monoisotopic (exact) mass is 711 g/mol. The smallest absolute Gasteiger partial charge is 0.356 e.